The normalized spacial score (nSPS) is 17.1. The van der Waals surface area contributed by atoms with E-state index in [9.17, 15) is 9.18 Å². The SMILES string of the molecule is CN1CCC(CN(C)C(=O)c2ccc(F)c(N)c2)CC1. The summed E-state index contributed by atoms with van der Waals surface area (Å²) < 4.78 is 13.1. The van der Waals surface area contributed by atoms with Crippen molar-refractivity contribution < 1.29 is 9.18 Å². The maximum atomic E-state index is 13.1. The highest BCUT2D eigenvalue weighted by atomic mass is 19.1. The molecule has 0 saturated carbocycles. The lowest BCUT2D eigenvalue weighted by Crippen LogP contribution is -2.38. The number of benzene rings is 1. The maximum absolute atomic E-state index is 13.1. The van der Waals surface area contributed by atoms with Crippen molar-refractivity contribution in [1.82, 2.24) is 9.80 Å². The van der Waals surface area contributed by atoms with Crippen LogP contribution in [0, 0.1) is 11.7 Å². The molecule has 110 valence electrons. The number of carbonyl (C=O) groups is 1. The standard InChI is InChI=1S/C15H22FN3O/c1-18-7-5-11(6-8-18)10-19(2)15(20)12-3-4-13(16)14(17)9-12/h3-4,9,11H,5-8,10,17H2,1-2H3. The molecule has 0 atom stereocenters. The van der Waals surface area contributed by atoms with Crippen molar-refractivity contribution >= 4 is 11.6 Å². The Kier molecular flexibility index (Phi) is 4.60. The number of nitrogens with zero attached hydrogens (tertiary/aromatic N) is 2. The van der Waals surface area contributed by atoms with Crippen LogP contribution < -0.4 is 5.73 Å². The zero-order valence-electron chi connectivity index (χ0n) is 12.1. The summed E-state index contributed by atoms with van der Waals surface area (Å²) in [4.78, 5) is 16.3. The minimum absolute atomic E-state index is 0.0172. The Hall–Kier alpha value is -1.62. The van der Waals surface area contributed by atoms with E-state index in [1.54, 1.807) is 11.9 Å². The first kappa shape index (κ1) is 14.8. The molecule has 0 unspecified atom stereocenters. The number of halogens is 1. The van der Waals surface area contributed by atoms with Gasteiger partial charge in [0.15, 0.2) is 0 Å². The lowest BCUT2D eigenvalue weighted by Gasteiger charge is -2.31. The fraction of sp³-hybridized carbons (Fsp3) is 0.533. The van der Waals surface area contributed by atoms with Gasteiger partial charge in [-0.15, -0.1) is 0 Å². The van der Waals surface area contributed by atoms with Crippen LogP contribution in [0.15, 0.2) is 18.2 Å². The molecule has 1 amide bonds. The van der Waals surface area contributed by atoms with Crippen molar-refractivity contribution in [1.29, 1.82) is 0 Å². The van der Waals surface area contributed by atoms with Gasteiger partial charge in [0.1, 0.15) is 5.82 Å². The van der Waals surface area contributed by atoms with Crippen LogP contribution in [0.25, 0.3) is 0 Å². The van der Waals surface area contributed by atoms with E-state index in [4.69, 9.17) is 5.73 Å². The molecule has 20 heavy (non-hydrogen) atoms. The molecule has 2 rings (SSSR count). The van der Waals surface area contributed by atoms with E-state index in [2.05, 4.69) is 11.9 Å². The largest absolute Gasteiger partial charge is 0.396 e. The zero-order valence-corrected chi connectivity index (χ0v) is 12.1. The molecular weight excluding hydrogens is 257 g/mol. The van der Waals surface area contributed by atoms with Crippen molar-refractivity contribution in [2.75, 3.05) is 39.5 Å². The van der Waals surface area contributed by atoms with Gasteiger partial charge in [-0.2, -0.15) is 0 Å². The molecule has 0 aromatic heterocycles. The molecule has 0 radical (unpaired) electrons. The first-order chi connectivity index (χ1) is 9.47. The summed E-state index contributed by atoms with van der Waals surface area (Å²) in [6.45, 7) is 2.90. The number of hydrogen-bond donors (Lipinski definition) is 1. The van der Waals surface area contributed by atoms with Gasteiger partial charge in [0.2, 0.25) is 0 Å². The van der Waals surface area contributed by atoms with Gasteiger partial charge in [-0.3, -0.25) is 4.79 Å². The van der Waals surface area contributed by atoms with Gasteiger partial charge in [0, 0.05) is 19.2 Å². The molecular formula is C15H22FN3O. The molecule has 0 bridgehead atoms. The number of piperidine rings is 1. The Balaban J connectivity index is 1.96. The third-order valence-corrected chi connectivity index (χ3v) is 3.96. The van der Waals surface area contributed by atoms with Gasteiger partial charge in [0.05, 0.1) is 5.69 Å². The highest BCUT2D eigenvalue weighted by Gasteiger charge is 2.21. The lowest BCUT2D eigenvalue weighted by molar-refractivity contribution is 0.0747. The lowest BCUT2D eigenvalue weighted by atomic mass is 9.96. The summed E-state index contributed by atoms with van der Waals surface area (Å²) in [7, 11) is 3.91. The number of hydrogen-bond acceptors (Lipinski definition) is 3. The summed E-state index contributed by atoms with van der Waals surface area (Å²) >= 11 is 0. The number of nitrogen functional groups attached to an aromatic ring is 1. The number of rotatable bonds is 3. The van der Waals surface area contributed by atoms with Crippen LogP contribution in [0.5, 0.6) is 0 Å². The quantitative estimate of drug-likeness (QED) is 0.859. The predicted molar refractivity (Wildman–Crippen MR) is 78.0 cm³/mol. The molecule has 1 aromatic carbocycles. The second kappa shape index (κ2) is 6.22. The average molecular weight is 279 g/mol. The highest BCUT2D eigenvalue weighted by molar-refractivity contribution is 5.94. The van der Waals surface area contributed by atoms with Crippen LogP contribution in [-0.2, 0) is 0 Å². The van der Waals surface area contributed by atoms with E-state index in [1.165, 1.54) is 18.2 Å². The molecule has 1 aliphatic rings. The number of carbonyl (C=O) groups excluding carboxylic acids is 1. The van der Waals surface area contributed by atoms with Gasteiger partial charge in [-0.05, 0) is 57.1 Å². The van der Waals surface area contributed by atoms with E-state index in [0.717, 1.165) is 32.5 Å². The van der Waals surface area contributed by atoms with E-state index >= 15 is 0 Å². The molecule has 1 saturated heterocycles. The molecule has 1 aliphatic heterocycles. The minimum Gasteiger partial charge on any atom is -0.396 e. The van der Waals surface area contributed by atoms with Gasteiger partial charge >= 0.3 is 0 Å². The molecule has 0 aliphatic carbocycles. The van der Waals surface area contributed by atoms with Gasteiger partial charge in [-0.1, -0.05) is 0 Å². The first-order valence-corrected chi connectivity index (χ1v) is 6.96. The molecule has 1 heterocycles. The highest BCUT2D eigenvalue weighted by Crippen LogP contribution is 2.19. The molecule has 0 spiro atoms. The molecule has 5 heteroatoms. The monoisotopic (exact) mass is 279 g/mol. The van der Waals surface area contributed by atoms with Crippen LogP contribution in [0.2, 0.25) is 0 Å². The second-order valence-corrected chi connectivity index (χ2v) is 5.67. The summed E-state index contributed by atoms with van der Waals surface area (Å²) in [6.07, 6.45) is 2.22. The molecule has 2 N–H and O–H groups in total. The summed E-state index contributed by atoms with van der Waals surface area (Å²) in [5, 5.41) is 0. The summed E-state index contributed by atoms with van der Waals surface area (Å²) in [5.41, 5.74) is 5.97. The van der Waals surface area contributed by atoms with Gasteiger partial charge in [-0.25, -0.2) is 4.39 Å². The fourth-order valence-corrected chi connectivity index (χ4v) is 2.61. The van der Waals surface area contributed by atoms with Gasteiger partial charge in [0.25, 0.3) is 5.91 Å². The van der Waals surface area contributed by atoms with E-state index in [1.807, 2.05) is 0 Å². The Labute approximate surface area is 119 Å². The number of nitrogens with two attached hydrogens (primary N) is 1. The Bertz CT molecular complexity index is 484. The number of amides is 1. The van der Waals surface area contributed by atoms with Crippen molar-refractivity contribution in [3.8, 4) is 0 Å². The van der Waals surface area contributed by atoms with E-state index < -0.39 is 5.82 Å². The topological polar surface area (TPSA) is 49.6 Å². The van der Waals surface area contributed by atoms with Gasteiger partial charge < -0.3 is 15.5 Å². The van der Waals surface area contributed by atoms with Crippen molar-refractivity contribution in [3.63, 3.8) is 0 Å². The molecule has 1 fully saturated rings. The smallest absolute Gasteiger partial charge is 0.253 e. The minimum atomic E-state index is -0.487. The second-order valence-electron chi connectivity index (χ2n) is 5.67. The Morgan fingerprint density at radius 2 is 2.10 bits per heavy atom. The van der Waals surface area contributed by atoms with Crippen LogP contribution >= 0.6 is 0 Å². The van der Waals surface area contributed by atoms with E-state index in [-0.39, 0.29) is 11.6 Å². The average Bonchev–Trinajstić information content (AvgIpc) is 2.43. The van der Waals surface area contributed by atoms with E-state index in [0.29, 0.717) is 11.5 Å². The molecule has 4 nitrogen and oxygen atoms in total. The van der Waals surface area contributed by atoms with Crippen molar-refractivity contribution in [3.05, 3.63) is 29.6 Å². The maximum Gasteiger partial charge on any atom is 0.253 e. The summed E-state index contributed by atoms with van der Waals surface area (Å²) in [6, 6.07) is 4.13. The van der Waals surface area contributed by atoms with Crippen molar-refractivity contribution in [2.45, 2.75) is 12.8 Å². The Morgan fingerprint density at radius 3 is 2.70 bits per heavy atom. The summed E-state index contributed by atoms with van der Waals surface area (Å²) in [5.74, 6) is -0.0481. The fourth-order valence-electron chi connectivity index (χ4n) is 2.61. The van der Waals surface area contributed by atoms with Crippen LogP contribution in [0.1, 0.15) is 23.2 Å². The first-order valence-electron chi connectivity index (χ1n) is 6.96. The number of likely N-dealkylation sites (tertiary alicyclic amines) is 1. The third-order valence-electron chi connectivity index (χ3n) is 3.96. The predicted octanol–water partition coefficient (Wildman–Crippen LogP) is 1.82. The van der Waals surface area contributed by atoms with Crippen LogP contribution in [-0.4, -0.2) is 49.4 Å². The van der Waals surface area contributed by atoms with Crippen LogP contribution in [0.3, 0.4) is 0 Å². The number of anilines is 1. The zero-order chi connectivity index (χ0) is 14.7. The van der Waals surface area contributed by atoms with Crippen LogP contribution in [0.4, 0.5) is 10.1 Å². The third kappa shape index (κ3) is 3.48. The molecule has 1 aromatic rings. The Morgan fingerprint density at radius 1 is 1.45 bits per heavy atom. The van der Waals surface area contributed by atoms with Crippen molar-refractivity contribution in [2.24, 2.45) is 5.92 Å².